The first-order chi connectivity index (χ1) is 14.0. The Hall–Kier alpha value is -3.46. The number of benzene rings is 2. The number of halogens is 2. The molecule has 0 saturated heterocycles. The van der Waals surface area contributed by atoms with E-state index in [0.29, 0.717) is 11.4 Å². The number of nitrogens with zero attached hydrogens (tertiary/aromatic N) is 2. The predicted molar refractivity (Wildman–Crippen MR) is 100 cm³/mol. The van der Waals surface area contributed by atoms with Gasteiger partial charge in [-0.3, -0.25) is 4.79 Å². The second-order valence-corrected chi connectivity index (χ2v) is 6.17. The third-order valence-corrected chi connectivity index (χ3v) is 3.92. The molecule has 0 saturated carbocycles. The van der Waals surface area contributed by atoms with Crippen molar-refractivity contribution in [3.05, 3.63) is 70.6 Å². The Kier molecular flexibility index (Phi) is 6.40. The number of aromatic nitrogens is 2. The van der Waals surface area contributed by atoms with Crippen LogP contribution in [0, 0.1) is 5.82 Å². The summed E-state index contributed by atoms with van der Waals surface area (Å²) < 4.78 is 28.7. The van der Waals surface area contributed by atoms with Crippen LogP contribution in [0.1, 0.15) is 22.1 Å². The Bertz CT molecular complexity index is 1040. The van der Waals surface area contributed by atoms with Gasteiger partial charge in [-0.25, -0.2) is 9.18 Å². The van der Waals surface area contributed by atoms with Crippen LogP contribution in [-0.4, -0.2) is 29.1 Å². The number of carbonyl (C=O) groups excluding carboxylic acids is 2. The Morgan fingerprint density at radius 1 is 1.24 bits per heavy atom. The fraction of sp³-hybridized carbons (Fsp3) is 0.158. The topological polar surface area (TPSA) is 104 Å². The van der Waals surface area contributed by atoms with E-state index in [9.17, 15) is 14.0 Å². The van der Waals surface area contributed by atoms with E-state index in [2.05, 4.69) is 15.5 Å². The molecule has 0 aliphatic rings. The third kappa shape index (κ3) is 5.29. The molecule has 0 bridgehead atoms. The highest BCUT2D eigenvalue weighted by atomic mass is 35.5. The second-order valence-electron chi connectivity index (χ2n) is 5.73. The summed E-state index contributed by atoms with van der Waals surface area (Å²) in [7, 11) is 1.49. The molecular formula is C19H15ClFN3O5. The summed E-state index contributed by atoms with van der Waals surface area (Å²) in [5, 5.41) is 6.53. The van der Waals surface area contributed by atoms with Crippen LogP contribution in [0.5, 0.6) is 5.75 Å². The van der Waals surface area contributed by atoms with Crippen molar-refractivity contribution in [3.8, 4) is 5.75 Å². The average molecular weight is 420 g/mol. The first-order valence-electron chi connectivity index (χ1n) is 8.32. The SMILES string of the molecule is COc1ccccc1NC(=O)Cc1noc(COC(=O)c2cc(Cl)ccc2F)n1. The van der Waals surface area contributed by atoms with Gasteiger partial charge in [-0.1, -0.05) is 28.9 Å². The molecule has 1 N–H and O–H groups in total. The molecule has 3 rings (SSSR count). The fourth-order valence-corrected chi connectivity index (χ4v) is 2.54. The van der Waals surface area contributed by atoms with Crippen molar-refractivity contribution >= 4 is 29.2 Å². The van der Waals surface area contributed by atoms with Gasteiger partial charge in [0.1, 0.15) is 11.6 Å². The van der Waals surface area contributed by atoms with E-state index in [1.54, 1.807) is 24.3 Å². The molecule has 2 aromatic carbocycles. The summed E-state index contributed by atoms with van der Waals surface area (Å²) >= 11 is 5.75. The molecule has 0 radical (unpaired) electrons. The number of nitrogens with one attached hydrogen (secondary N) is 1. The van der Waals surface area contributed by atoms with Gasteiger partial charge in [-0.15, -0.1) is 0 Å². The normalized spacial score (nSPS) is 10.4. The molecule has 1 aromatic heterocycles. The highest BCUT2D eigenvalue weighted by molar-refractivity contribution is 6.30. The molecule has 3 aromatic rings. The van der Waals surface area contributed by atoms with E-state index in [4.69, 9.17) is 25.6 Å². The number of hydrogen-bond donors (Lipinski definition) is 1. The van der Waals surface area contributed by atoms with Crippen LogP contribution in [-0.2, 0) is 22.6 Å². The Balaban J connectivity index is 1.56. The number of hydrogen-bond acceptors (Lipinski definition) is 7. The van der Waals surface area contributed by atoms with Gasteiger partial charge in [0.25, 0.3) is 5.89 Å². The van der Waals surface area contributed by atoms with E-state index in [1.807, 2.05) is 0 Å². The molecular weight excluding hydrogens is 405 g/mol. The largest absolute Gasteiger partial charge is 0.495 e. The number of para-hydroxylation sites is 2. The van der Waals surface area contributed by atoms with Crippen molar-refractivity contribution in [1.29, 1.82) is 0 Å². The van der Waals surface area contributed by atoms with Crippen LogP contribution in [0.25, 0.3) is 0 Å². The molecule has 0 unspecified atom stereocenters. The van der Waals surface area contributed by atoms with Gasteiger partial charge in [-0.05, 0) is 30.3 Å². The molecule has 150 valence electrons. The number of rotatable bonds is 7. The lowest BCUT2D eigenvalue weighted by Gasteiger charge is -2.08. The summed E-state index contributed by atoms with van der Waals surface area (Å²) in [6.07, 6.45) is -0.168. The highest BCUT2D eigenvalue weighted by Crippen LogP contribution is 2.23. The lowest BCUT2D eigenvalue weighted by Crippen LogP contribution is -2.15. The molecule has 29 heavy (non-hydrogen) atoms. The molecule has 0 spiro atoms. The van der Waals surface area contributed by atoms with Crippen molar-refractivity contribution in [2.45, 2.75) is 13.0 Å². The Morgan fingerprint density at radius 2 is 2.03 bits per heavy atom. The summed E-state index contributed by atoms with van der Waals surface area (Å²) in [5.41, 5.74) is 0.189. The Morgan fingerprint density at radius 3 is 2.83 bits per heavy atom. The van der Waals surface area contributed by atoms with Gasteiger partial charge in [0.15, 0.2) is 12.4 Å². The molecule has 0 aliphatic carbocycles. The van der Waals surface area contributed by atoms with Crippen molar-refractivity contribution in [3.63, 3.8) is 0 Å². The predicted octanol–water partition coefficient (Wildman–Crippen LogP) is 3.41. The van der Waals surface area contributed by atoms with Crippen LogP contribution in [0.4, 0.5) is 10.1 Å². The van der Waals surface area contributed by atoms with Crippen LogP contribution < -0.4 is 10.1 Å². The van der Waals surface area contributed by atoms with Crippen molar-refractivity contribution in [2.24, 2.45) is 0 Å². The number of amides is 1. The zero-order chi connectivity index (χ0) is 20.8. The maximum absolute atomic E-state index is 13.7. The van der Waals surface area contributed by atoms with Crippen molar-refractivity contribution in [1.82, 2.24) is 10.1 Å². The highest BCUT2D eigenvalue weighted by Gasteiger charge is 2.17. The summed E-state index contributed by atoms with van der Waals surface area (Å²) in [6, 6.07) is 10.4. The zero-order valence-electron chi connectivity index (χ0n) is 15.1. The van der Waals surface area contributed by atoms with E-state index in [0.717, 1.165) is 12.1 Å². The quantitative estimate of drug-likeness (QED) is 0.585. The third-order valence-electron chi connectivity index (χ3n) is 3.68. The van der Waals surface area contributed by atoms with Crippen LogP contribution in [0.15, 0.2) is 47.0 Å². The maximum atomic E-state index is 13.7. The Labute approximate surface area is 169 Å². The van der Waals surface area contributed by atoms with E-state index >= 15 is 0 Å². The monoisotopic (exact) mass is 419 g/mol. The van der Waals surface area contributed by atoms with Crippen molar-refractivity contribution in [2.75, 3.05) is 12.4 Å². The van der Waals surface area contributed by atoms with Gasteiger partial charge in [0, 0.05) is 5.02 Å². The molecule has 10 heteroatoms. The lowest BCUT2D eigenvalue weighted by atomic mass is 10.2. The summed E-state index contributed by atoms with van der Waals surface area (Å²) in [5.74, 6) is -1.52. The fourth-order valence-electron chi connectivity index (χ4n) is 2.37. The standard InChI is InChI=1S/C19H15ClFN3O5/c1-27-15-5-3-2-4-14(15)22-17(25)9-16-23-18(29-24-16)10-28-19(26)12-8-11(20)6-7-13(12)21/h2-8H,9-10H2,1H3,(H,22,25). The smallest absolute Gasteiger partial charge is 0.341 e. The van der Waals surface area contributed by atoms with Crippen LogP contribution >= 0.6 is 11.6 Å². The van der Waals surface area contributed by atoms with E-state index in [1.165, 1.54) is 13.2 Å². The summed E-state index contributed by atoms with van der Waals surface area (Å²) in [6.45, 7) is -0.383. The molecule has 1 amide bonds. The molecule has 8 nitrogen and oxygen atoms in total. The summed E-state index contributed by atoms with van der Waals surface area (Å²) in [4.78, 5) is 28.1. The van der Waals surface area contributed by atoms with Gasteiger partial charge in [0.2, 0.25) is 5.91 Å². The first kappa shape index (κ1) is 20.3. The van der Waals surface area contributed by atoms with Gasteiger partial charge in [0.05, 0.1) is 24.8 Å². The number of esters is 1. The number of methoxy groups -OCH3 is 1. The van der Waals surface area contributed by atoms with Gasteiger partial charge >= 0.3 is 5.97 Å². The first-order valence-corrected chi connectivity index (χ1v) is 8.70. The average Bonchev–Trinajstić information content (AvgIpc) is 3.15. The molecule has 0 fully saturated rings. The van der Waals surface area contributed by atoms with Gasteiger partial charge in [-0.2, -0.15) is 4.98 Å². The number of anilines is 1. The second kappa shape index (κ2) is 9.16. The van der Waals surface area contributed by atoms with Crippen LogP contribution in [0.3, 0.4) is 0 Å². The van der Waals surface area contributed by atoms with Gasteiger partial charge < -0.3 is 19.3 Å². The van der Waals surface area contributed by atoms with E-state index in [-0.39, 0.29) is 41.2 Å². The molecule has 0 aliphatic heterocycles. The zero-order valence-corrected chi connectivity index (χ0v) is 15.9. The lowest BCUT2D eigenvalue weighted by molar-refractivity contribution is -0.115. The minimum absolute atomic E-state index is 0.0409. The minimum atomic E-state index is -0.932. The van der Waals surface area contributed by atoms with Crippen molar-refractivity contribution < 1.29 is 28.0 Å². The number of ether oxygens (including phenoxy) is 2. The molecule has 1 heterocycles. The number of carbonyl (C=O) groups is 2. The molecule has 0 atom stereocenters. The van der Waals surface area contributed by atoms with Crippen LogP contribution in [0.2, 0.25) is 5.02 Å². The van der Waals surface area contributed by atoms with E-state index < -0.39 is 11.8 Å². The minimum Gasteiger partial charge on any atom is -0.495 e. The maximum Gasteiger partial charge on any atom is 0.341 e.